The van der Waals surface area contributed by atoms with Gasteiger partial charge in [0, 0.05) is 0 Å². The molecule has 0 aliphatic heterocycles. The molecule has 0 fully saturated rings. The minimum Gasteiger partial charge on any atom is -0.480 e. The molecule has 8 heteroatoms. The third kappa shape index (κ3) is 8.22. The zero-order valence-corrected chi connectivity index (χ0v) is 10.6. The van der Waals surface area contributed by atoms with Crippen LogP contribution in [0.4, 0.5) is 4.79 Å². The summed E-state index contributed by atoms with van der Waals surface area (Å²) in [5, 5.41) is 10.5. The van der Waals surface area contributed by atoms with E-state index in [9.17, 15) is 14.4 Å². The summed E-state index contributed by atoms with van der Waals surface area (Å²) in [5.74, 6) is -2.15. The fourth-order valence-electron chi connectivity index (χ4n) is 0.716. The van der Waals surface area contributed by atoms with Gasteiger partial charge >= 0.3 is 41.6 Å². The molecular weight excluding hydrogens is 215 g/mol. The second-order valence-corrected chi connectivity index (χ2v) is 2.43. The van der Waals surface area contributed by atoms with Gasteiger partial charge in [0.05, 0.1) is 13.0 Å². The standard InChI is InChI=1S/C7H12N2O5.Na/c1-2-14-7(13)9-4(6(11)12)3-5(8)10;/h4H,2-3H2,1H3,(H2,8,10)(H,9,13)(H,11,12);/q;+1. The third-order valence-electron chi connectivity index (χ3n) is 1.27. The van der Waals surface area contributed by atoms with E-state index in [1.165, 1.54) is 0 Å². The molecule has 7 nitrogen and oxygen atoms in total. The molecule has 4 N–H and O–H groups in total. The molecule has 1 unspecified atom stereocenters. The van der Waals surface area contributed by atoms with Crippen LogP contribution >= 0.6 is 0 Å². The predicted octanol–water partition coefficient (Wildman–Crippen LogP) is -3.93. The van der Waals surface area contributed by atoms with Crippen molar-refractivity contribution in [3.63, 3.8) is 0 Å². The van der Waals surface area contributed by atoms with Crippen molar-refractivity contribution in [2.75, 3.05) is 6.61 Å². The first-order chi connectivity index (χ1) is 6.47. The number of carboxylic acids is 1. The Morgan fingerprint density at radius 3 is 2.33 bits per heavy atom. The predicted molar refractivity (Wildman–Crippen MR) is 45.4 cm³/mol. The molecule has 15 heavy (non-hydrogen) atoms. The minimum atomic E-state index is -1.34. The van der Waals surface area contributed by atoms with Crippen molar-refractivity contribution in [2.45, 2.75) is 19.4 Å². The molecule has 0 rings (SSSR count). The van der Waals surface area contributed by atoms with E-state index in [-0.39, 0.29) is 36.2 Å². The number of amides is 2. The van der Waals surface area contributed by atoms with Crippen LogP contribution in [-0.4, -0.2) is 35.7 Å². The van der Waals surface area contributed by atoms with E-state index < -0.39 is 30.4 Å². The van der Waals surface area contributed by atoms with Crippen LogP contribution in [0.3, 0.4) is 0 Å². The molecule has 2 amide bonds. The fraction of sp³-hybridized carbons (Fsp3) is 0.571. The van der Waals surface area contributed by atoms with E-state index in [4.69, 9.17) is 10.8 Å². The number of rotatable bonds is 5. The molecule has 80 valence electrons. The number of carbonyl (C=O) groups is 3. The van der Waals surface area contributed by atoms with Crippen molar-refractivity contribution in [3.05, 3.63) is 0 Å². The van der Waals surface area contributed by atoms with Crippen LogP contribution in [0.25, 0.3) is 0 Å². The number of aliphatic carboxylic acids is 1. The molecule has 0 saturated heterocycles. The Morgan fingerprint density at radius 2 is 2.00 bits per heavy atom. The van der Waals surface area contributed by atoms with Gasteiger partial charge in [0.2, 0.25) is 5.91 Å². The van der Waals surface area contributed by atoms with E-state index in [2.05, 4.69) is 4.74 Å². The van der Waals surface area contributed by atoms with Gasteiger partial charge in [0.25, 0.3) is 0 Å². The van der Waals surface area contributed by atoms with Gasteiger partial charge < -0.3 is 20.9 Å². The second-order valence-electron chi connectivity index (χ2n) is 2.43. The summed E-state index contributed by atoms with van der Waals surface area (Å²) in [6.07, 6.45) is -1.35. The number of nitrogens with two attached hydrogens (primary N) is 1. The number of carboxylic acid groups (broad SMARTS) is 1. The molecule has 0 spiro atoms. The zero-order valence-electron chi connectivity index (χ0n) is 8.65. The summed E-state index contributed by atoms with van der Waals surface area (Å²) in [6.45, 7) is 1.69. The molecule has 0 saturated carbocycles. The maximum absolute atomic E-state index is 10.8. The smallest absolute Gasteiger partial charge is 0.480 e. The monoisotopic (exact) mass is 227 g/mol. The zero-order chi connectivity index (χ0) is 11.1. The molecule has 0 bridgehead atoms. The number of ether oxygens (including phenoxy) is 1. The molecule has 0 radical (unpaired) electrons. The topological polar surface area (TPSA) is 119 Å². The summed E-state index contributed by atoms with van der Waals surface area (Å²) in [7, 11) is 0. The Hall–Kier alpha value is -0.790. The number of hydrogen-bond acceptors (Lipinski definition) is 4. The van der Waals surface area contributed by atoms with Crippen molar-refractivity contribution in [1.29, 1.82) is 0 Å². The molecule has 0 heterocycles. The van der Waals surface area contributed by atoms with Crippen LogP contribution in [-0.2, 0) is 14.3 Å². The van der Waals surface area contributed by atoms with Crippen LogP contribution in [0.5, 0.6) is 0 Å². The number of primary amides is 1. The average Bonchev–Trinajstić information content (AvgIpc) is 2.02. The van der Waals surface area contributed by atoms with Crippen LogP contribution in [0, 0.1) is 0 Å². The Balaban J connectivity index is 0. The Bertz CT molecular complexity index is 246. The maximum Gasteiger partial charge on any atom is 1.00 e. The minimum absolute atomic E-state index is 0. The SMILES string of the molecule is CCOC(=O)NC(CC(N)=O)C(=O)O.[Na+]. The van der Waals surface area contributed by atoms with E-state index in [0.717, 1.165) is 0 Å². The number of alkyl carbamates (subject to hydrolysis) is 1. The summed E-state index contributed by atoms with van der Waals surface area (Å²) in [5.41, 5.74) is 4.79. The van der Waals surface area contributed by atoms with Crippen LogP contribution in [0.2, 0.25) is 0 Å². The van der Waals surface area contributed by atoms with Crippen molar-refractivity contribution in [2.24, 2.45) is 5.73 Å². The molecule has 0 aromatic heterocycles. The third-order valence-corrected chi connectivity index (χ3v) is 1.27. The fourth-order valence-corrected chi connectivity index (χ4v) is 0.716. The van der Waals surface area contributed by atoms with E-state index >= 15 is 0 Å². The first-order valence-corrected chi connectivity index (χ1v) is 3.91. The summed E-state index contributed by atoms with van der Waals surface area (Å²) in [6, 6.07) is -1.34. The van der Waals surface area contributed by atoms with Gasteiger partial charge in [-0.2, -0.15) is 0 Å². The van der Waals surface area contributed by atoms with Crippen molar-refractivity contribution < 1.29 is 53.8 Å². The van der Waals surface area contributed by atoms with E-state index in [1.807, 2.05) is 5.32 Å². The van der Waals surface area contributed by atoms with Crippen LogP contribution in [0.1, 0.15) is 13.3 Å². The van der Waals surface area contributed by atoms with Crippen LogP contribution < -0.4 is 40.6 Å². The maximum atomic E-state index is 10.8. The molecule has 0 aliphatic rings. The summed E-state index contributed by atoms with van der Waals surface area (Å²) in [4.78, 5) is 31.7. The number of carbonyl (C=O) groups excluding carboxylic acids is 2. The van der Waals surface area contributed by atoms with Gasteiger partial charge in [-0.1, -0.05) is 0 Å². The van der Waals surface area contributed by atoms with Gasteiger partial charge in [-0.05, 0) is 6.92 Å². The van der Waals surface area contributed by atoms with Crippen molar-refractivity contribution >= 4 is 18.0 Å². The van der Waals surface area contributed by atoms with Gasteiger partial charge in [-0.15, -0.1) is 0 Å². The summed E-state index contributed by atoms with van der Waals surface area (Å²) >= 11 is 0. The average molecular weight is 227 g/mol. The van der Waals surface area contributed by atoms with Crippen molar-refractivity contribution in [3.8, 4) is 0 Å². The molecule has 0 aromatic carbocycles. The molecule has 0 aliphatic carbocycles. The van der Waals surface area contributed by atoms with E-state index in [0.29, 0.717) is 0 Å². The molecule has 0 aromatic rings. The first-order valence-electron chi connectivity index (χ1n) is 3.91. The quantitative estimate of drug-likeness (QED) is 0.414. The molecule has 1 atom stereocenters. The normalized spacial score (nSPS) is 10.7. The Kier molecular flexibility index (Phi) is 9.44. The summed E-state index contributed by atoms with van der Waals surface area (Å²) < 4.78 is 4.44. The Labute approximate surface area is 109 Å². The van der Waals surface area contributed by atoms with Crippen molar-refractivity contribution in [1.82, 2.24) is 5.32 Å². The van der Waals surface area contributed by atoms with Gasteiger partial charge in [0.15, 0.2) is 0 Å². The molecular formula is C7H12N2NaO5+. The Morgan fingerprint density at radius 1 is 1.47 bits per heavy atom. The van der Waals surface area contributed by atoms with Gasteiger partial charge in [-0.3, -0.25) is 4.79 Å². The largest absolute Gasteiger partial charge is 1.00 e. The van der Waals surface area contributed by atoms with E-state index in [1.54, 1.807) is 6.92 Å². The van der Waals surface area contributed by atoms with Gasteiger partial charge in [0.1, 0.15) is 6.04 Å². The number of nitrogens with one attached hydrogen (secondary N) is 1. The van der Waals surface area contributed by atoms with Gasteiger partial charge in [-0.25, -0.2) is 9.59 Å². The first kappa shape index (κ1) is 16.6. The van der Waals surface area contributed by atoms with Crippen LogP contribution in [0.15, 0.2) is 0 Å². The number of hydrogen-bond donors (Lipinski definition) is 3. The second kappa shape index (κ2) is 8.51.